The molecule has 31 heavy (non-hydrogen) atoms. The lowest BCUT2D eigenvalue weighted by Gasteiger charge is -2.39. The second-order valence-electron chi connectivity index (χ2n) is 10.3. The van der Waals surface area contributed by atoms with E-state index in [1.54, 1.807) is 5.57 Å². The number of rotatable bonds is 7. The van der Waals surface area contributed by atoms with Gasteiger partial charge < -0.3 is 19.3 Å². The second-order valence-corrected chi connectivity index (χ2v) is 10.3. The van der Waals surface area contributed by atoms with Crippen LogP contribution in [0.4, 0.5) is 0 Å². The number of allylic oxidation sites excluding steroid dienone is 3. The monoisotopic (exact) mass is 432 g/mol. The Bertz CT molecular complexity index is 661. The standard InChI is InChI=1S/C26H40O5/c1-18(8-9-27)10-19-6-3-7-23(12-19)25(28)29-15-22-16-30-26(31-17-22)24-13-20-4-2-5-21(11-20)14-24/h10,13,18,21-24,26-27H,2-9,11-12,14-17H2,1H3/b19-10+. The molecule has 0 aromatic rings. The molecular formula is C26H40O5. The number of ether oxygens (including phenoxy) is 3. The van der Waals surface area contributed by atoms with E-state index in [-0.39, 0.29) is 30.7 Å². The average Bonchev–Trinajstić information content (AvgIpc) is 2.78. The first kappa shape index (κ1) is 23.0. The highest BCUT2D eigenvalue weighted by Crippen LogP contribution is 2.40. The van der Waals surface area contributed by atoms with Crippen LogP contribution in [0.3, 0.4) is 0 Å². The van der Waals surface area contributed by atoms with E-state index in [0.29, 0.717) is 31.7 Å². The van der Waals surface area contributed by atoms with Gasteiger partial charge in [-0.2, -0.15) is 0 Å². The summed E-state index contributed by atoms with van der Waals surface area (Å²) in [6.07, 6.45) is 15.5. The molecule has 0 amide bonds. The highest BCUT2D eigenvalue weighted by Gasteiger charge is 2.34. The molecule has 2 bridgehead atoms. The van der Waals surface area contributed by atoms with Crippen LogP contribution in [-0.4, -0.2) is 43.8 Å². The topological polar surface area (TPSA) is 65.0 Å². The lowest BCUT2D eigenvalue weighted by Crippen LogP contribution is -2.40. The largest absolute Gasteiger partial charge is 0.465 e. The molecule has 174 valence electrons. The van der Waals surface area contributed by atoms with Crippen molar-refractivity contribution in [3.8, 4) is 0 Å². The summed E-state index contributed by atoms with van der Waals surface area (Å²) in [5, 5.41) is 9.10. The van der Waals surface area contributed by atoms with Crippen molar-refractivity contribution < 1.29 is 24.1 Å². The fourth-order valence-corrected chi connectivity index (χ4v) is 5.85. The lowest BCUT2D eigenvalue weighted by molar-refractivity contribution is -0.226. The van der Waals surface area contributed by atoms with Gasteiger partial charge in [-0.25, -0.2) is 0 Å². The molecule has 4 atom stereocenters. The van der Waals surface area contributed by atoms with E-state index in [1.807, 2.05) is 0 Å². The SMILES string of the molecule is CC(/C=C1\CCCC(C(=O)OCC2COC(C3C=C4CCCC(C4)C3)OC2)C1)CCO. The van der Waals surface area contributed by atoms with Gasteiger partial charge in [-0.1, -0.05) is 30.2 Å². The molecule has 5 nitrogen and oxygen atoms in total. The minimum absolute atomic E-state index is 0.0345. The van der Waals surface area contributed by atoms with Crippen LogP contribution in [0.15, 0.2) is 23.3 Å². The Morgan fingerprint density at radius 2 is 2.03 bits per heavy atom. The zero-order valence-corrected chi connectivity index (χ0v) is 19.1. The third-order valence-electron chi connectivity index (χ3n) is 7.52. The summed E-state index contributed by atoms with van der Waals surface area (Å²) in [7, 11) is 0. The summed E-state index contributed by atoms with van der Waals surface area (Å²) in [5.41, 5.74) is 2.94. The molecule has 3 fully saturated rings. The van der Waals surface area contributed by atoms with Crippen LogP contribution in [-0.2, 0) is 19.0 Å². The summed E-state index contributed by atoms with van der Waals surface area (Å²) in [6, 6.07) is 0. The molecule has 2 saturated carbocycles. The Hall–Kier alpha value is -1.17. The predicted molar refractivity (Wildman–Crippen MR) is 119 cm³/mol. The molecular weight excluding hydrogens is 392 g/mol. The number of fused-ring (bicyclic) bond motifs is 2. The summed E-state index contributed by atoms with van der Waals surface area (Å²) in [6.45, 7) is 3.93. The molecule has 4 unspecified atom stereocenters. The van der Waals surface area contributed by atoms with Crippen LogP contribution in [0.1, 0.15) is 71.1 Å². The number of aliphatic hydroxyl groups is 1. The van der Waals surface area contributed by atoms with Gasteiger partial charge in [0.2, 0.25) is 0 Å². The zero-order valence-electron chi connectivity index (χ0n) is 19.1. The fraction of sp³-hybridized carbons (Fsp3) is 0.808. The molecule has 5 heteroatoms. The normalized spacial score (nSPS) is 36.0. The van der Waals surface area contributed by atoms with Gasteiger partial charge in [0.05, 0.1) is 25.7 Å². The summed E-state index contributed by atoms with van der Waals surface area (Å²) >= 11 is 0. The third-order valence-corrected chi connectivity index (χ3v) is 7.52. The molecule has 3 aliphatic carbocycles. The van der Waals surface area contributed by atoms with Gasteiger partial charge in [-0.15, -0.1) is 0 Å². The van der Waals surface area contributed by atoms with Gasteiger partial charge in [0.1, 0.15) is 0 Å². The maximum Gasteiger partial charge on any atom is 0.309 e. The van der Waals surface area contributed by atoms with E-state index in [0.717, 1.165) is 38.0 Å². The van der Waals surface area contributed by atoms with Gasteiger partial charge in [0, 0.05) is 18.4 Å². The van der Waals surface area contributed by atoms with Crippen molar-refractivity contribution in [2.24, 2.45) is 29.6 Å². The van der Waals surface area contributed by atoms with Crippen LogP contribution in [0, 0.1) is 29.6 Å². The molecule has 1 heterocycles. The minimum atomic E-state index is -0.130. The number of carbonyl (C=O) groups is 1. The van der Waals surface area contributed by atoms with Gasteiger partial charge >= 0.3 is 5.97 Å². The molecule has 0 aromatic carbocycles. The number of hydrogen-bond donors (Lipinski definition) is 1. The molecule has 1 saturated heterocycles. The van der Waals surface area contributed by atoms with E-state index < -0.39 is 0 Å². The van der Waals surface area contributed by atoms with Crippen LogP contribution in [0.25, 0.3) is 0 Å². The predicted octanol–water partition coefficient (Wildman–Crippen LogP) is 4.79. The molecule has 0 radical (unpaired) electrons. The Morgan fingerprint density at radius 3 is 2.81 bits per heavy atom. The summed E-state index contributed by atoms with van der Waals surface area (Å²) in [4.78, 5) is 12.6. The summed E-state index contributed by atoms with van der Waals surface area (Å²) < 4.78 is 17.8. The Balaban J connectivity index is 1.19. The Morgan fingerprint density at radius 1 is 1.23 bits per heavy atom. The minimum Gasteiger partial charge on any atom is -0.465 e. The molecule has 4 rings (SSSR count). The van der Waals surface area contributed by atoms with Crippen LogP contribution in [0.5, 0.6) is 0 Å². The van der Waals surface area contributed by atoms with E-state index in [1.165, 1.54) is 37.7 Å². The van der Waals surface area contributed by atoms with E-state index in [9.17, 15) is 4.79 Å². The molecule has 0 spiro atoms. The van der Waals surface area contributed by atoms with Crippen molar-refractivity contribution >= 4 is 5.97 Å². The smallest absolute Gasteiger partial charge is 0.309 e. The fourth-order valence-electron chi connectivity index (χ4n) is 5.85. The first-order valence-electron chi connectivity index (χ1n) is 12.5. The number of carbonyl (C=O) groups excluding carboxylic acids is 1. The van der Waals surface area contributed by atoms with E-state index >= 15 is 0 Å². The van der Waals surface area contributed by atoms with Gasteiger partial charge in [-0.3, -0.25) is 4.79 Å². The quantitative estimate of drug-likeness (QED) is 0.463. The summed E-state index contributed by atoms with van der Waals surface area (Å²) in [5.74, 6) is 1.57. The number of aliphatic hydroxyl groups excluding tert-OH is 1. The van der Waals surface area contributed by atoms with Crippen molar-refractivity contribution in [1.29, 1.82) is 0 Å². The van der Waals surface area contributed by atoms with Gasteiger partial charge in [-0.05, 0) is 76.0 Å². The lowest BCUT2D eigenvalue weighted by atomic mass is 9.74. The van der Waals surface area contributed by atoms with Gasteiger partial charge in [0.25, 0.3) is 0 Å². The molecule has 1 N–H and O–H groups in total. The van der Waals surface area contributed by atoms with Gasteiger partial charge in [0.15, 0.2) is 6.29 Å². The average molecular weight is 433 g/mol. The Labute approximate surface area is 187 Å². The van der Waals surface area contributed by atoms with Crippen molar-refractivity contribution in [2.45, 2.75) is 77.4 Å². The van der Waals surface area contributed by atoms with Crippen molar-refractivity contribution in [1.82, 2.24) is 0 Å². The zero-order chi connectivity index (χ0) is 21.6. The van der Waals surface area contributed by atoms with Crippen molar-refractivity contribution in [2.75, 3.05) is 26.4 Å². The first-order valence-corrected chi connectivity index (χ1v) is 12.5. The maximum absolute atomic E-state index is 12.6. The molecule has 4 aliphatic rings. The highest BCUT2D eigenvalue weighted by atomic mass is 16.7. The van der Waals surface area contributed by atoms with E-state index in [4.69, 9.17) is 19.3 Å². The number of esters is 1. The Kier molecular flexibility index (Phi) is 8.24. The van der Waals surface area contributed by atoms with Crippen molar-refractivity contribution in [3.63, 3.8) is 0 Å². The van der Waals surface area contributed by atoms with Crippen molar-refractivity contribution in [3.05, 3.63) is 23.3 Å². The van der Waals surface area contributed by atoms with Crippen LogP contribution >= 0.6 is 0 Å². The number of hydrogen-bond acceptors (Lipinski definition) is 5. The van der Waals surface area contributed by atoms with Crippen LogP contribution in [0.2, 0.25) is 0 Å². The second kappa shape index (κ2) is 11.1. The maximum atomic E-state index is 12.6. The molecule has 0 aromatic heterocycles. The molecule has 1 aliphatic heterocycles. The third kappa shape index (κ3) is 6.43. The highest BCUT2D eigenvalue weighted by molar-refractivity contribution is 5.73. The first-order chi connectivity index (χ1) is 15.1. The van der Waals surface area contributed by atoms with E-state index in [2.05, 4.69) is 19.1 Å². The van der Waals surface area contributed by atoms with Crippen LogP contribution < -0.4 is 0 Å².